The van der Waals surface area contributed by atoms with E-state index < -0.39 is 5.60 Å². The molecule has 2 rings (SSSR count). The summed E-state index contributed by atoms with van der Waals surface area (Å²) >= 11 is 0. The number of nitrogens with two attached hydrogens (primary N) is 1. The van der Waals surface area contributed by atoms with E-state index in [0.717, 1.165) is 37.1 Å². The van der Waals surface area contributed by atoms with Crippen molar-refractivity contribution >= 4 is 0 Å². The molecule has 1 fully saturated rings. The Hall–Kier alpha value is -0.970. The second-order valence-electron chi connectivity index (χ2n) is 5.43. The quantitative estimate of drug-likeness (QED) is 0.859. The van der Waals surface area contributed by atoms with Crippen LogP contribution in [0.2, 0.25) is 0 Å². The molecule has 1 aromatic carbocycles. The molecule has 0 spiro atoms. The average molecular weight is 252 g/mol. The second-order valence-corrected chi connectivity index (χ2v) is 5.43. The normalized spacial score (nSPS) is 25.3. The Bertz CT molecular complexity index is 420. The van der Waals surface area contributed by atoms with Gasteiger partial charge in [-0.3, -0.25) is 4.90 Å². The van der Waals surface area contributed by atoms with Gasteiger partial charge in [-0.1, -0.05) is 6.07 Å². The fourth-order valence-electron chi connectivity index (χ4n) is 2.64. The van der Waals surface area contributed by atoms with Crippen molar-refractivity contribution in [2.45, 2.75) is 38.5 Å². The summed E-state index contributed by atoms with van der Waals surface area (Å²) in [6.07, 6.45) is 1.84. The first-order valence-electron chi connectivity index (χ1n) is 6.42. The van der Waals surface area contributed by atoms with E-state index in [0.29, 0.717) is 13.1 Å². The van der Waals surface area contributed by atoms with Gasteiger partial charge in [-0.2, -0.15) is 0 Å². The molecule has 0 aliphatic carbocycles. The van der Waals surface area contributed by atoms with Crippen molar-refractivity contribution in [3.8, 4) is 0 Å². The van der Waals surface area contributed by atoms with E-state index in [2.05, 4.69) is 4.90 Å². The van der Waals surface area contributed by atoms with Gasteiger partial charge < -0.3 is 10.8 Å². The van der Waals surface area contributed by atoms with Gasteiger partial charge in [0.2, 0.25) is 0 Å². The van der Waals surface area contributed by atoms with Gasteiger partial charge in [0, 0.05) is 19.6 Å². The van der Waals surface area contributed by atoms with Gasteiger partial charge in [-0.25, -0.2) is 4.39 Å². The Kier molecular flexibility index (Phi) is 4.00. The smallest absolute Gasteiger partial charge is 0.123 e. The molecule has 3 nitrogen and oxygen atoms in total. The van der Waals surface area contributed by atoms with Gasteiger partial charge in [0.05, 0.1) is 5.60 Å². The molecule has 0 bridgehead atoms. The zero-order valence-electron chi connectivity index (χ0n) is 10.8. The number of aliphatic hydroxyl groups is 1. The number of hydrogen-bond donors (Lipinski definition) is 2. The van der Waals surface area contributed by atoms with Crippen LogP contribution in [0, 0.1) is 5.82 Å². The third kappa shape index (κ3) is 3.28. The molecular formula is C14H21FN2O. The maximum atomic E-state index is 13.1. The van der Waals surface area contributed by atoms with Crippen molar-refractivity contribution < 1.29 is 9.50 Å². The van der Waals surface area contributed by atoms with Crippen LogP contribution in [-0.4, -0.2) is 28.7 Å². The van der Waals surface area contributed by atoms with Gasteiger partial charge in [0.1, 0.15) is 5.82 Å². The molecule has 4 heteroatoms. The molecule has 100 valence electrons. The molecule has 18 heavy (non-hydrogen) atoms. The minimum absolute atomic E-state index is 0.246. The average Bonchev–Trinajstić information content (AvgIpc) is 2.30. The van der Waals surface area contributed by atoms with Crippen LogP contribution in [0.25, 0.3) is 0 Å². The number of likely N-dealkylation sites (tertiary alicyclic amines) is 1. The molecule has 0 radical (unpaired) electrons. The maximum absolute atomic E-state index is 13.1. The highest BCUT2D eigenvalue weighted by molar-refractivity contribution is 5.27. The van der Waals surface area contributed by atoms with Crippen LogP contribution in [0.3, 0.4) is 0 Å². The zero-order chi connectivity index (χ0) is 13.2. The number of rotatable bonds is 3. The molecule has 0 aromatic heterocycles. The lowest BCUT2D eigenvalue weighted by Gasteiger charge is -2.37. The topological polar surface area (TPSA) is 49.5 Å². The summed E-state index contributed by atoms with van der Waals surface area (Å²) in [5.41, 5.74) is 6.93. The minimum atomic E-state index is -0.610. The standard InChI is InChI=1S/C14H21FN2O/c1-14(18)5-2-6-17(10-14)9-11-3-4-13(15)7-12(11)8-16/h3-4,7,18H,2,5-6,8-10,16H2,1H3. The van der Waals surface area contributed by atoms with E-state index in [1.54, 1.807) is 6.07 Å². The Balaban J connectivity index is 2.09. The van der Waals surface area contributed by atoms with E-state index in [4.69, 9.17) is 5.73 Å². The van der Waals surface area contributed by atoms with E-state index >= 15 is 0 Å². The monoisotopic (exact) mass is 252 g/mol. The highest BCUT2D eigenvalue weighted by Crippen LogP contribution is 2.23. The van der Waals surface area contributed by atoms with Gasteiger partial charge in [0.25, 0.3) is 0 Å². The van der Waals surface area contributed by atoms with Gasteiger partial charge in [-0.15, -0.1) is 0 Å². The summed E-state index contributed by atoms with van der Waals surface area (Å²) in [4.78, 5) is 2.20. The summed E-state index contributed by atoms with van der Waals surface area (Å²) in [6, 6.07) is 4.76. The van der Waals surface area contributed by atoms with Crippen LogP contribution in [0.1, 0.15) is 30.9 Å². The first-order valence-corrected chi connectivity index (χ1v) is 6.42. The molecule has 1 aromatic rings. The van der Waals surface area contributed by atoms with Crippen molar-refractivity contribution in [1.82, 2.24) is 4.90 Å². The lowest BCUT2D eigenvalue weighted by molar-refractivity contribution is -0.0182. The fraction of sp³-hybridized carbons (Fsp3) is 0.571. The Morgan fingerprint density at radius 1 is 1.44 bits per heavy atom. The molecule has 1 aliphatic heterocycles. The second kappa shape index (κ2) is 5.34. The molecule has 1 aliphatic rings. The minimum Gasteiger partial charge on any atom is -0.389 e. The van der Waals surface area contributed by atoms with Crippen molar-refractivity contribution in [2.24, 2.45) is 5.73 Å². The van der Waals surface area contributed by atoms with Gasteiger partial charge >= 0.3 is 0 Å². The van der Waals surface area contributed by atoms with Crippen LogP contribution in [0.4, 0.5) is 4.39 Å². The lowest BCUT2D eigenvalue weighted by Crippen LogP contribution is -2.45. The molecular weight excluding hydrogens is 231 g/mol. The number of benzene rings is 1. The Morgan fingerprint density at radius 2 is 2.22 bits per heavy atom. The van der Waals surface area contributed by atoms with Crippen molar-refractivity contribution in [3.63, 3.8) is 0 Å². The van der Waals surface area contributed by atoms with Crippen LogP contribution in [0.5, 0.6) is 0 Å². The first-order chi connectivity index (χ1) is 8.50. The number of nitrogens with zero attached hydrogens (tertiary/aromatic N) is 1. The van der Waals surface area contributed by atoms with Crippen LogP contribution in [-0.2, 0) is 13.1 Å². The number of β-amino-alcohol motifs (C(OH)–C–C–N with tert-alkyl or cyclic N) is 1. The Labute approximate surface area is 107 Å². The zero-order valence-corrected chi connectivity index (χ0v) is 10.8. The first kappa shape index (κ1) is 13.5. The van der Waals surface area contributed by atoms with Crippen molar-refractivity contribution in [1.29, 1.82) is 0 Å². The van der Waals surface area contributed by atoms with Gasteiger partial charge in [0.15, 0.2) is 0 Å². The Morgan fingerprint density at radius 3 is 2.89 bits per heavy atom. The molecule has 0 saturated carbocycles. The predicted molar refractivity (Wildman–Crippen MR) is 69.4 cm³/mol. The SMILES string of the molecule is CC1(O)CCCN(Cc2ccc(F)cc2CN)C1. The summed E-state index contributed by atoms with van der Waals surface area (Å²) in [5, 5.41) is 10.1. The molecule has 1 unspecified atom stereocenters. The van der Waals surface area contributed by atoms with Crippen LogP contribution < -0.4 is 5.73 Å². The van der Waals surface area contributed by atoms with E-state index in [9.17, 15) is 9.50 Å². The van der Waals surface area contributed by atoms with E-state index in [1.165, 1.54) is 12.1 Å². The van der Waals surface area contributed by atoms with Crippen LogP contribution in [0.15, 0.2) is 18.2 Å². The third-order valence-corrected chi connectivity index (χ3v) is 3.54. The van der Waals surface area contributed by atoms with Crippen molar-refractivity contribution in [3.05, 3.63) is 35.1 Å². The van der Waals surface area contributed by atoms with Crippen molar-refractivity contribution in [2.75, 3.05) is 13.1 Å². The van der Waals surface area contributed by atoms with E-state index in [1.807, 2.05) is 6.92 Å². The summed E-state index contributed by atoms with van der Waals surface area (Å²) in [7, 11) is 0. The summed E-state index contributed by atoms with van der Waals surface area (Å²) in [6.45, 7) is 4.57. The predicted octanol–water partition coefficient (Wildman–Crippen LogP) is 1.63. The molecule has 3 N–H and O–H groups in total. The third-order valence-electron chi connectivity index (χ3n) is 3.54. The molecule has 0 amide bonds. The summed E-state index contributed by atoms with van der Waals surface area (Å²) < 4.78 is 13.1. The highest BCUT2D eigenvalue weighted by atomic mass is 19.1. The van der Waals surface area contributed by atoms with E-state index in [-0.39, 0.29) is 5.82 Å². The number of piperidine rings is 1. The van der Waals surface area contributed by atoms with Crippen LogP contribution >= 0.6 is 0 Å². The molecule has 1 saturated heterocycles. The largest absolute Gasteiger partial charge is 0.389 e. The maximum Gasteiger partial charge on any atom is 0.123 e. The fourth-order valence-corrected chi connectivity index (χ4v) is 2.64. The number of halogens is 1. The van der Waals surface area contributed by atoms with Gasteiger partial charge in [-0.05, 0) is 49.6 Å². The lowest BCUT2D eigenvalue weighted by atomic mass is 9.94. The molecule has 1 atom stereocenters. The number of hydrogen-bond acceptors (Lipinski definition) is 3. The summed E-state index contributed by atoms with van der Waals surface area (Å²) in [5.74, 6) is -0.246. The molecule has 1 heterocycles. The highest BCUT2D eigenvalue weighted by Gasteiger charge is 2.28.